The van der Waals surface area contributed by atoms with Crippen LogP contribution in [0.3, 0.4) is 0 Å². The third-order valence-electron chi connectivity index (χ3n) is 4.53. The van der Waals surface area contributed by atoms with Crippen LogP contribution in [0, 0.1) is 0 Å². The summed E-state index contributed by atoms with van der Waals surface area (Å²) >= 11 is 0. The molecule has 3 rings (SSSR count). The summed E-state index contributed by atoms with van der Waals surface area (Å²) in [4.78, 5) is 18.4. The van der Waals surface area contributed by atoms with Gasteiger partial charge in [0.2, 0.25) is 0 Å². The SMILES string of the molecule is CCOc1cccc(CCNC(=O)N2CCC(c3cccnc3)C2)c1. The highest BCUT2D eigenvalue weighted by molar-refractivity contribution is 5.74. The Morgan fingerprint density at radius 1 is 1.36 bits per heavy atom. The molecule has 0 spiro atoms. The van der Waals surface area contributed by atoms with Gasteiger partial charge in [0.15, 0.2) is 0 Å². The Bertz CT molecular complexity index is 690. The molecule has 0 aliphatic carbocycles. The maximum Gasteiger partial charge on any atom is 0.317 e. The van der Waals surface area contributed by atoms with E-state index in [1.165, 1.54) is 11.1 Å². The van der Waals surface area contributed by atoms with Crippen molar-refractivity contribution in [2.75, 3.05) is 26.2 Å². The van der Waals surface area contributed by atoms with E-state index in [2.05, 4.69) is 22.4 Å². The van der Waals surface area contributed by atoms with Crippen LogP contribution in [-0.4, -0.2) is 42.2 Å². The Hall–Kier alpha value is -2.56. The van der Waals surface area contributed by atoms with Crippen molar-refractivity contribution in [1.29, 1.82) is 0 Å². The fourth-order valence-electron chi connectivity index (χ4n) is 3.22. The maximum absolute atomic E-state index is 12.4. The van der Waals surface area contributed by atoms with E-state index in [1.54, 1.807) is 6.20 Å². The molecule has 1 aliphatic heterocycles. The Kier molecular flexibility index (Phi) is 5.88. The number of ether oxygens (including phenoxy) is 1. The Morgan fingerprint density at radius 3 is 3.08 bits per heavy atom. The second-order valence-electron chi connectivity index (χ2n) is 6.28. The zero-order chi connectivity index (χ0) is 17.5. The van der Waals surface area contributed by atoms with Crippen LogP contribution in [0.5, 0.6) is 5.75 Å². The Labute approximate surface area is 149 Å². The number of carbonyl (C=O) groups excluding carboxylic acids is 1. The van der Waals surface area contributed by atoms with E-state index in [-0.39, 0.29) is 6.03 Å². The molecule has 2 aromatic rings. The molecular formula is C20H25N3O2. The number of likely N-dealkylation sites (tertiary alicyclic amines) is 1. The van der Waals surface area contributed by atoms with Gasteiger partial charge in [-0.3, -0.25) is 4.98 Å². The van der Waals surface area contributed by atoms with Crippen molar-refractivity contribution < 1.29 is 9.53 Å². The molecule has 1 aliphatic rings. The molecule has 25 heavy (non-hydrogen) atoms. The summed E-state index contributed by atoms with van der Waals surface area (Å²) in [5.74, 6) is 1.27. The van der Waals surface area contributed by atoms with Crippen LogP contribution in [0.15, 0.2) is 48.8 Å². The van der Waals surface area contributed by atoms with E-state index >= 15 is 0 Å². The molecule has 5 heteroatoms. The zero-order valence-corrected chi connectivity index (χ0v) is 14.6. The van der Waals surface area contributed by atoms with Crippen molar-refractivity contribution in [3.05, 3.63) is 59.9 Å². The minimum absolute atomic E-state index is 0.0207. The highest BCUT2D eigenvalue weighted by Crippen LogP contribution is 2.26. The highest BCUT2D eigenvalue weighted by atomic mass is 16.5. The van der Waals surface area contributed by atoms with Crippen LogP contribution >= 0.6 is 0 Å². The van der Waals surface area contributed by atoms with Crippen LogP contribution in [0.2, 0.25) is 0 Å². The standard InChI is InChI=1S/C20H25N3O2/c1-2-25-19-7-3-5-16(13-19)8-11-22-20(24)23-12-9-18(15-23)17-6-4-10-21-14-17/h3-7,10,13-14,18H,2,8-9,11-12,15H2,1H3,(H,22,24). The average molecular weight is 339 g/mol. The van der Waals surface area contributed by atoms with Crippen LogP contribution in [0.25, 0.3) is 0 Å². The number of pyridine rings is 1. The molecular weight excluding hydrogens is 314 g/mol. The van der Waals surface area contributed by atoms with Crippen molar-refractivity contribution in [1.82, 2.24) is 15.2 Å². The van der Waals surface area contributed by atoms with Crippen LogP contribution in [0.4, 0.5) is 4.79 Å². The summed E-state index contributed by atoms with van der Waals surface area (Å²) in [6.07, 6.45) is 5.48. The largest absolute Gasteiger partial charge is 0.494 e. The van der Waals surface area contributed by atoms with Gasteiger partial charge in [0, 0.05) is 37.9 Å². The van der Waals surface area contributed by atoms with Gasteiger partial charge in [0.1, 0.15) is 5.75 Å². The molecule has 0 bridgehead atoms. The second-order valence-corrected chi connectivity index (χ2v) is 6.28. The van der Waals surface area contributed by atoms with Crippen molar-refractivity contribution in [2.45, 2.75) is 25.7 Å². The third kappa shape index (κ3) is 4.72. The molecule has 132 valence electrons. The number of urea groups is 1. The minimum atomic E-state index is 0.0207. The topological polar surface area (TPSA) is 54.5 Å². The molecule has 0 radical (unpaired) electrons. The molecule has 1 N–H and O–H groups in total. The van der Waals surface area contributed by atoms with Gasteiger partial charge in [0.05, 0.1) is 6.61 Å². The first-order valence-corrected chi connectivity index (χ1v) is 8.90. The van der Waals surface area contributed by atoms with E-state index in [9.17, 15) is 4.79 Å². The van der Waals surface area contributed by atoms with E-state index in [1.807, 2.05) is 42.3 Å². The van der Waals surface area contributed by atoms with E-state index in [0.29, 0.717) is 19.1 Å². The highest BCUT2D eigenvalue weighted by Gasteiger charge is 2.27. The summed E-state index contributed by atoms with van der Waals surface area (Å²) in [6, 6.07) is 12.1. The van der Waals surface area contributed by atoms with Crippen molar-refractivity contribution >= 4 is 6.03 Å². The van der Waals surface area contributed by atoms with Gasteiger partial charge < -0.3 is 15.0 Å². The number of benzene rings is 1. The van der Waals surface area contributed by atoms with Crippen LogP contribution < -0.4 is 10.1 Å². The zero-order valence-electron chi connectivity index (χ0n) is 14.6. The lowest BCUT2D eigenvalue weighted by atomic mass is 10.0. The first-order chi connectivity index (χ1) is 12.3. The summed E-state index contributed by atoms with van der Waals surface area (Å²) < 4.78 is 5.51. The molecule has 1 unspecified atom stereocenters. The quantitative estimate of drug-likeness (QED) is 0.879. The van der Waals surface area contributed by atoms with E-state index in [0.717, 1.165) is 31.7 Å². The second kappa shape index (κ2) is 8.51. The van der Waals surface area contributed by atoms with Gasteiger partial charge in [-0.05, 0) is 49.1 Å². The summed E-state index contributed by atoms with van der Waals surface area (Å²) in [6.45, 7) is 4.82. The molecule has 1 aromatic heterocycles. The third-order valence-corrected chi connectivity index (χ3v) is 4.53. The molecule has 2 heterocycles. The predicted octanol–water partition coefficient (Wildman–Crippen LogP) is 3.22. The Balaban J connectivity index is 1.45. The average Bonchev–Trinajstić information content (AvgIpc) is 3.13. The molecule has 1 atom stereocenters. The number of amides is 2. The van der Waals surface area contributed by atoms with Gasteiger partial charge in [-0.25, -0.2) is 4.79 Å². The van der Waals surface area contributed by atoms with E-state index < -0.39 is 0 Å². The number of hydrogen-bond acceptors (Lipinski definition) is 3. The molecule has 1 fully saturated rings. The summed E-state index contributed by atoms with van der Waals surface area (Å²) in [5, 5.41) is 3.03. The number of nitrogens with zero attached hydrogens (tertiary/aromatic N) is 2. The minimum Gasteiger partial charge on any atom is -0.494 e. The molecule has 1 saturated heterocycles. The molecule has 5 nitrogen and oxygen atoms in total. The lowest BCUT2D eigenvalue weighted by Gasteiger charge is -2.17. The van der Waals surface area contributed by atoms with Crippen molar-refractivity contribution in [3.8, 4) is 5.75 Å². The number of aromatic nitrogens is 1. The van der Waals surface area contributed by atoms with E-state index in [4.69, 9.17) is 4.74 Å². The van der Waals surface area contributed by atoms with Crippen molar-refractivity contribution in [3.63, 3.8) is 0 Å². The van der Waals surface area contributed by atoms with Gasteiger partial charge in [-0.15, -0.1) is 0 Å². The fraction of sp³-hybridized carbons (Fsp3) is 0.400. The number of carbonyl (C=O) groups is 1. The molecule has 1 aromatic carbocycles. The maximum atomic E-state index is 12.4. The monoisotopic (exact) mass is 339 g/mol. The first kappa shape index (κ1) is 17.3. The van der Waals surface area contributed by atoms with Crippen molar-refractivity contribution in [2.24, 2.45) is 0 Å². The number of hydrogen-bond donors (Lipinski definition) is 1. The summed E-state index contributed by atoms with van der Waals surface area (Å²) in [5.41, 5.74) is 2.38. The first-order valence-electron chi connectivity index (χ1n) is 8.90. The summed E-state index contributed by atoms with van der Waals surface area (Å²) in [7, 11) is 0. The fourth-order valence-corrected chi connectivity index (χ4v) is 3.22. The van der Waals surface area contributed by atoms with Crippen LogP contribution in [-0.2, 0) is 6.42 Å². The predicted molar refractivity (Wildman–Crippen MR) is 97.9 cm³/mol. The lowest BCUT2D eigenvalue weighted by molar-refractivity contribution is 0.208. The van der Waals surface area contributed by atoms with Gasteiger partial charge >= 0.3 is 6.03 Å². The van der Waals surface area contributed by atoms with Gasteiger partial charge in [-0.1, -0.05) is 18.2 Å². The number of rotatable bonds is 6. The smallest absolute Gasteiger partial charge is 0.317 e. The molecule has 0 saturated carbocycles. The number of nitrogens with one attached hydrogen (secondary N) is 1. The van der Waals surface area contributed by atoms with Gasteiger partial charge in [-0.2, -0.15) is 0 Å². The molecule has 2 amide bonds. The lowest BCUT2D eigenvalue weighted by Crippen LogP contribution is -2.39. The van der Waals surface area contributed by atoms with Crippen LogP contribution in [0.1, 0.15) is 30.4 Å². The van der Waals surface area contributed by atoms with Gasteiger partial charge in [0.25, 0.3) is 0 Å². The Morgan fingerprint density at radius 2 is 2.28 bits per heavy atom. The normalized spacial score (nSPS) is 16.7.